The average Bonchev–Trinajstić information content (AvgIpc) is 2.28. The van der Waals surface area contributed by atoms with E-state index in [1.807, 2.05) is 0 Å². The molecule has 0 fully saturated rings. The van der Waals surface area contributed by atoms with Crippen LogP contribution in [0.25, 0.3) is 0 Å². The number of nitrogens with one attached hydrogen (secondary N) is 1. The maximum Gasteiger partial charge on any atom is 0.411 e. The maximum atomic E-state index is 11.3. The summed E-state index contributed by atoms with van der Waals surface area (Å²) in [5, 5.41) is 2.54. The molecule has 0 saturated heterocycles. The number of anilines is 1. The third-order valence-electron chi connectivity index (χ3n) is 1.90. The Hall–Kier alpha value is -2.04. The number of hydrogen-bond acceptors (Lipinski definition) is 4. The molecule has 92 valence electrons. The molecular weight excluding hydrogens is 222 g/mol. The molecule has 1 aromatic carbocycles. The van der Waals surface area contributed by atoms with Crippen LogP contribution in [0.3, 0.4) is 0 Å². The smallest absolute Gasteiger partial charge is 0.411 e. The third kappa shape index (κ3) is 4.14. The minimum absolute atomic E-state index is 0.177. The first kappa shape index (κ1) is 13.0. The molecule has 0 saturated carbocycles. The van der Waals surface area contributed by atoms with Crippen LogP contribution >= 0.6 is 0 Å². The van der Waals surface area contributed by atoms with E-state index in [1.54, 1.807) is 38.1 Å². The summed E-state index contributed by atoms with van der Waals surface area (Å²) in [5.41, 5.74) is 0.985. The molecule has 0 spiro atoms. The van der Waals surface area contributed by atoms with Crippen molar-refractivity contribution in [3.05, 3.63) is 29.8 Å². The fourth-order valence-electron chi connectivity index (χ4n) is 1.17. The normalized spacial score (nSPS) is 9.88. The van der Waals surface area contributed by atoms with Crippen molar-refractivity contribution < 1.29 is 19.1 Å². The lowest BCUT2D eigenvalue weighted by Crippen LogP contribution is -2.18. The standard InChI is InChI=1S/C12H15NO4/c1-8(2)17-12(15)13-10-6-4-9(5-7-10)11(14)16-3/h4-8H,1-3H3,(H,13,15). The van der Waals surface area contributed by atoms with Crippen LogP contribution in [0.15, 0.2) is 24.3 Å². The van der Waals surface area contributed by atoms with Crippen molar-refractivity contribution in [1.29, 1.82) is 0 Å². The molecule has 17 heavy (non-hydrogen) atoms. The highest BCUT2D eigenvalue weighted by atomic mass is 16.6. The largest absolute Gasteiger partial charge is 0.465 e. The monoisotopic (exact) mass is 237 g/mol. The van der Waals surface area contributed by atoms with E-state index >= 15 is 0 Å². The predicted molar refractivity (Wildman–Crippen MR) is 63.0 cm³/mol. The van der Waals surface area contributed by atoms with Crippen molar-refractivity contribution in [1.82, 2.24) is 0 Å². The number of hydrogen-bond donors (Lipinski definition) is 1. The van der Waals surface area contributed by atoms with Crippen LogP contribution in [0.4, 0.5) is 10.5 Å². The molecule has 5 nitrogen and oxygen atoms in total. The molecule has 0 atom stereocenters. The second-order valence-corrected chi connectivity index (χ2v) is 3.65. The number of benzene rings is 1. The number of carbonyl (C=O) groups excluding carboxylic acids is 2. The fourth-order valence-corrected chi connectivity index (χ4v) is 1.17. The van der Waals surface area contributed by atoms with E-state index < -0.39 is 12.1 Å². The lowest BCUT2D eigenvalue weighted by atomic mass is 10.2. The van der Waals surface area contributed by atoms with Crippen molar-refractivity contribution in [2.45, 2.75) is 20.0 Å². The summed E-state index contributed by atoms with van der Waals surface area (Å²) < 4.78 is 9.47. The maximum absolute atomic E-state index is 11.3. The van der Waals surface area contributed by atoms with Crippen LogP contribution in [0.5, 0.6) is 0 Å². The SMILES string of the molecule is COC(=O)c1ccc(NC(=O)OC(C)C)cc1. The Bertz CT molecular complexity index is 397. The molecule has 0 radical (unpaired) electrons. The van der Waals surface area contributed by atoms with E-state index in [-0.39, 0.29) is 6.10 Å². The highest BCUT2D eigenvalue weighted by molar-refractivity contribution is 5.91. The van der Waals surface area contributed by atoms with Crippen molar-refractivity contribution in [3.63, 3.8) is 0 Å². The van der Waals surface area contributed by atoms with E-state index in [1.165, 1.54) is 7.11 Å². The minimum atomic E-state index is -0.522. The predicted octanol–water partition coefficient (Wildman–Crippen LogP) is 2.43. The molecule has 1 aromatic rings. The molecule has 0 unspecified atom stereocenters. The molecule has 1 rings (SSSR count). The molecule has 0 aliphatic rings. The Morgan fingerprint density at radius 2 is 1.76 bits per heavy atom. The van der Waals surface area contributed by atoms with Gasteiger partial charge in [0.2, 0.25) is 0 Å². The van der Waals surface area contributed by atoms with Gasteiger partial charge in [0.1, 0.15) is 0 Å². The number of methoxy groups -OCH3 is 1. The van der Waals surface area contributed by atoms with Crippen LogP contribution in [0, 0.1) is 0 Å². The average molecular weight is 237 g/mol. The lowest BCUT2D eigenvalue weighted by Gasteiger charge is -2.09. The number of carbonyl (C=O) groups is 2. The highest BCUT2D eigenvalue weighted by Gasteiger charge is 2.07. The zero-order chi connectivity index (χ0) is 12.8. The van der Waals surface area contributed by atoms with Gasteiger partial charge in [0, 0.05) is 5.69 Å². The lowest BCUT2D eigenvalue weighted by molar-refractivity contribution is 0.0600. The number of ether oxygens (including phenoxy) is 2. The number of amides is 1. The van der Waals surface area contributed by atoms with Crippen molar-refractivity contribution in [2.24, 2.45) is 0 Å². The Balaban J connectivity index is 2.62. The molecule has 0 bridgehead atoms. The molecule has 0 aromatic heterocycles. The summed E-state index contributed by atoms with van der Waals surface area (Å²) in [4.78, 5) is 22.4. The molecule has 0 heterocycles. The first-order valence-electron chi connectivity index (χ1n) is 5.19. The summed E-state index contributed by atoms with van der Waals surface area (Å²) in [6, 6.07) is 6.34. The minimum Gasteiger partial charge on any atom is -0.465 e. The zero-order valence-electron chi connectivity index (χ0n) is 10.0. The fraction of sp³-hybridized carbons (Fsp3) is 0.333. The van der Waals surface area contributed by atoms with E-state index in [0.717, 1.165) is 0 Å². The number of rotatable bonds is 3. The van der Waals surface area contributed by atoms with Crippen LogP contribution in [-0.2, 0) is 9.47 Å². The summed E-state index contributed by atoms with van der Waals surface area (Å²) in [6.45, 7) is 3.53. The first-order chi connectivity index (χ1) is 8.02. The van der Waals surface area contributed by atoms with Gasteiger partial charge >= 0.3 is 12.1 Å². The van der Waals surface area contributed by atoms with Gasteiger partial charge < -0.3 is 9.47 Å². The van der Waals surface area contributed by atoms with Crippen LogP contribution in [0.1, 0.15) is 24.2 Å². The Morgan fingerprint density at radius 1 is 1.18 bits per heavy atom. The van der Waals surface area contributed by atoms with Gasteiger partial charge in [-0.2, -0.15) is 0 Å². The van der Waals surface area contributed by atoms with Crippen LogP contribution < -0.4 is 5.32 Å². The van der Waals surface area contributed by atoms with Crippen molar-refractivity contribution >= 4 is 17.7 Å². The summed E-state index contributed by atoms with van der Waals surface area (Å²) >= 11 is 0. The Kier molecular flexibility index (Phi) is 4.51. The Morgan fingerprint density at radius 3 is 2.24 bits per heavy atom. The highest BCUT2D eigenvalue weighted by Crippen LogP contribution is 2.10. The van der Waals surface area contributed by atoms with Gasteiger partial charge in [-0.05, 0) is 38.1 Å². The summed E-state index contributed by atoms with van der Waals surface area (Å²) in [7, 11) is 1.31. The van der Waals surface area contributed by atoms with Gasteiger partial charge in [-0.15, -0.1) is 0 Å². The van der Waals surface area contributed by atoms with Gasteiger partial charge in [0.15, 0.2) is 0 Å². The topological polar surface area (TPSA) is 64.6 Å². The van der Waals surface area contributed by atoms with Crippen molar-refractivity contribution in [2.75, 3.05) is 12.4 Å². The van der Waals surface area contributed by atoms with Gasteiger partial charge in [-0.1, -0.05) is 0 Å². The molecule has 0 aliphatic heterocycles. The first-order valence-corrected chi connectivity index (χ1v) is 5.19. The van der Waals surface area contributed by atoms with E-state index in [0.29, 0.717) is 11.3 Å². The summed E-state index contributed by atoms with van der Waals surface area (Å²) in [6.07, 6.45) is -0.699. The van der Waals surface area contributed by atoms with E-state index in [2.05, 4.69) is 10.1 Å². The second-order valence-electron chi connectivity index (χ2n) is 3.65. The van der Waals surface area contributed by atoms with Gasteiger partial charge in [-0.3, -0.25) is 5.32 Å². The third-order valence-corrected chi connectivity index (χ3v) is 1.90. The van der Waals surface area contributed by atoms with Crippen LogP contribution in [0.2, 0.25) is 0 Å². The Labute approximate surface area is 99.7 Å². The molecule has 0 aliphatic carbocycles. The van der Waals surface area contributed by atoms with E-state index in [9.17, 15) is 9.59 Å². The molecule has 5 heteroatoms. The zero-order valence-corrected chi connectivity index (χ0v) is 10.0. The molecule has 1 N–H and O–H groups in total. The molecular formula is C12H15NO4. The van der Waals surface area contributed by atoms with Gasteiger partial charge in [0.05, 0.1) is 18.8 Å². The van der Waals surface area contributed by atoms with Gasteiger partial charge in [-0.25, -0.2) is 9.59 Å². The molecule has 1 amide bonds. The second kappa shape index (κ2) is 5.89. The summed E-state index contributed by atoms with van der Waals surface area (Å²) in [5.74, 6) is -0.415. The van der Waals surface area contributed by atoms with Crippen LogP contribution in [-0.4, -0.2) is 25.3 Å². The quantitative estimate of drug-likeness (QED) is 0.820. The number of esters is 1. The van der Waals surface area contributed by atoms with E-state index in [4.69, 9.17) is 4.74 Å². The van der Waals surface area contributed by atoms with Crippen molar-refractivity contribution in [3.8, 4) is 0 Å². The van der Waals surface area contributed by atoms with Gasteiger partial charge in [0.25, 0.3) is 0 Å².